The summed E-state index contributed by atoms with van der Waals surface area (Å²) in [6.07, 6.45) is 1.08. The second-order valence-corrected chi connectivity index (χ2v) is 4.71. The zero-order chi connectivity index (χ0) is 13.0. The first-order valence-corrected chi connectivity index (χ1v) is 6.59. The van der Waals surface area contributed by atoms with Gasteiger partial charge in [-0.15, -0.1) is 0 Å². The van der Waals surface area contributed by atoms with Gasteiger partial charge < -0.3 is 15.6 Å². The maximum Gasteiger partial charge on any atom is 0.120 e. The van der Waals surface area contributed by atoms with E-state index in [1.54, 1.807) is 6.07 Å². The Kier molecular flexibility index (Phi) is 4.58. The number of para-hydroxylation sites is 1. The Labute approximate surface area is 108 Å². The number of aromatic hydroxyl groups is 1. The molecule has 4 nitrogen and oxygen atoms in total. The second kappa shape index (κ2) is 6.18. The zero-order valence-electron chi connectivity index (χ0n) is 10.9. The number of morpholine rings is 1. The van der Waals surface area contributed by atoms with Gasteiger partial charge in [-0.25, -0.2) is 0 Å². The molecule has 0 spiro atoms. The van der Waals surface area contributed by atoms with Crippen molar-refractivity contribution in [3.05, 3.63) is 29.8 Å². The van der Waals surface area contributed by atoms with Crippen molar-refractivity contribution in [3.8, 4) is 5.75 Å². The standard InChI is InChI=1S/C14H22N2O2/c1-2-13(12-5-3-4-6-14(12)17)16-7-8-18-11(9-15)10-16/h3-6,11,13,17H,2,7-10,15H2,1H3. The van der Waals surface area contributed by atoms with Gasteiger partial charge in [-0.1, -0.05) is 25.1 Å². The fourth-order valence-corrected chi connectivity index (χ4v) is 2.61. The zero-order valence-corrected chi connectivity index (χ0v) is 10.9. The van der Waals surface area contributed by atoms with Gasteiger partial charge in [0.2, 0.25) is 0 Å². The smallest absolute Gasteiger partial charge is 0.120 e. The number of rotatable bonds is 4. The average molecular weight is 250 g/mol. The van der Waals surface area contributed by atoms with Gasteiger partial charge in [0.15, 0.2) is 0 Å². The van der Waals surface area contributed by atoms with E-state index in [1.807, 2.05) is 18.2 Å². The van der Waals surface area contributed by atoms with Gasteiger partial charge >= 0.3 is 0 Å². The lowest BCUT2D eigenvalue weighted by Gasteiger charge is -2.38. The van der Waals surface area contributed by atoms with Gasteiger partial charge in [0.25, 0.3) is 0 Å². The predicted octanol–water partition coefficient (Wildman–Crippen LogP) is 1.50. The van der Waals surface area contributed by atoms with Crippen LogP contribution < -0.4 is 5.73 Å². The van der Waals surface area contributed by atoms with Gasteiger partial charge in [-0.2, -0.15) is 0 Å². The predicted molar refractivity (Wildman–Crippen MR) is 71.5 cm³/mol. The van der Waals surface area contributed by atoms with E-state index in [1.165, 1.54) is 0 Å². The van der Waals surface area contributed by atoms with E-state index in [0.29, 0.717) is 18.9 Å². The molecule has 0 aliphatic carbocycles. The van der Waals surface area contributed by atoms with Crippen LogP contribution in [-0.2, 0) is 4.74 Å². The van der Waals surface area contributed by atoms with E-state index in [9.17, 15) is 5.11 Å². The number of phenols is 1. The fourth-order valence-electron chi connectivity index (χ4n) is 2.61. The number of hydrogen-bond donors (Lipinski definition) is 2. The number of phenolic OH excluding ortho intramolecular Hbond substituents is 1. The van der Waals surface area contributed by atoms with E-state index in [-0.39, 0.29) is 12.1 Å². The molecule has 18 heavy (non-hydrogen) atoms. The third kappa shape index (κ3) is 2.83. The number of nitrogens with zero attached hydrogens (tertiary/aromatic N) is 1. The van der Waals surface area contributed by atoms with Gasteiger partial charge in [0, 0.05) is 31.2 Å². The summed E-state index contributed by atoms with van der Waals surface area (Å²) in [5, 5.41) is 9.98. The van der Waals surface area contributed by atoms with Crippen LogP contribution in [0.3, 0.4) is 0 Å². The summed E-state index contributed by atoms with van der Waals surface area (Å²) in [4.78, 5) is 2.36. The molecule has 3 N–H and O–H groups in total. The quantitative estimate of drug-likeness (QED) is 0.850. The van der Waals surface area contributed by atoms with E-state index < -0.39 is 0 Å². The van der Waals surface area contributed by atoms with Crippen LogP contribution in [-0.4, -0.2) is 42.4 Å². The minimum Gasteiger partial charge on any atom is -0.508 e. The largest absolute Gasteiger partial charge is 0.508 e. The van der Waals surface area contributed by atoms with E-state index in [0.717, 1.165) is 25.1 Å². The van der Waals surface area contributed by atoms with Crippen LogP contribution in [0.15, 0.2) is 24.3 Å². The molecule has 0 saturated carbocycles. The van der Waals surface area contributed by atoms with E-state index in [2.05, 4.69) is 11.8 Å². The molecular formula is C14H22N2O2. The van der Waals surface area contributed by atoms with Gasteiger partial charge in [-0.3, -0.25) is 4.90 Å². The molecular weight excluding hydrogens is 228 g/mol. The van der Waals surface area contributed by atoms with Crippen LogP contribution in [0.2, 0.25) is 0 Å². The van der Waals surface area contributed by atoms with Crippen molar-refractivity contribution >= 4 is 0 Å². The normalized spacial score (nSPS) is 22.9. The number of hydrogen-bond acceptors (Lipinski definition) is 4. The van der Waals surface area contributed by atoms with Crippen LogP contribution in [0.1, 0.15) is 24.9 Å². The Morgan fingerprint density at radius 2 is 2.28 bits per heavy atom. The van der Waals surface area contributed by atoms with Gasteiger partial charge in [0.1, 0.15) is 5.75 Å². The summed E-state index contributed by atoms with van der Waals surface area (Å²) in [5.41, 5.74) is 6.67. The van der Waals surface area contributed by atoms with Crippen molar-refractivity contribution < 1.29 is 9.84 Å². The molecule has 0 amide bonds. The Morgan fingerprint density at radius 1 is 1.50 bits per heavy atom. The molecule has 1 aromatic rings. The summed E-state index contributed by atoms with van der Waals surface area (Å²) in [6.45, 7) is 5.14. The highest BCUT2D eigenvalue weighted by atomic mass is 16.5. The topological polar surface area (TPSA) is 58.7 Å². The molecule has 1 aromatic carbocycles. The lowest BCUT2D eigenvalue weighted by Crippen LogP contribution is -2.46. The van der Waals surface area contributed by atoms with Crippen molar-refractivity contribution in [2.75, 3.05) is 26.2 Å². The van der Waals surface area contributed by atoms with Crippen LogP contribution >= 0.6 is 0 Å². The molecule has 1 saturated heterocycles. The average Bonchev–Trinajstić information content (AvgIpc) is 2.42. The Bertz CT molecular complexity index is 384. The molecule has 0 bridgehead atoms. The second-order valence-electron chi connectivity index (χ2n) is 4.71. The van der Waals surface area contributed by atoms with Crippen molar-refractivity contribution in [1.82, 2.24) is 4.90 Å². The van der Waals surface area contributed by atoms with Crippen LogP contribution in [0.25, 0.3) is 0 Å². The van der Waals surface area contributed by atoms with Crippen LogP contribution in [0.4, 0.5) is 0 Å². The number of nitrogens with two attached hydrogens (primary N) is 1. The molecule has 2 unspecified atom stereocenters. The molecule has 100 valence electrons. The third-order valence-corrected chi connectivity index (χ3v) is 3.56. The maximum atomic E-state index is 9.98. The number of benzene rings is 1. The Balaban J connectivity index is 2.15. The van der Waals surface area contributed by atoms with Crippen LogP contribution in [0.5, 0.6) is 5.75 Å². The molecule has 2 rings (SSSR count). The lowest BCUT2D eigenvalue weighted by molar-refractivity contribution is -0.0398. The molecule has 0 aromatic heterocycles. The summed E-state index contributed by atoms with van der Waals surface area (Å²) >= 11 is 0. The highest BCUT2D eigenvalue weighted by molar-refractivity contribution is 5.34. The highest BCUT2D eigenvalue weighted by Gasteiger charge is 2.26. The molecule has 1 heterocycles. The molecule has 4 heteroatoms. The molecule has 1 aliphatic heterocycles. The molecule has 2 atom stereocenters. The first-order valence-electron chi connectivity index (χ1n) is 6.59. The third-order valence-electron chi connectivity index (χ3n) is 3.56. The van der Waals surface area contributed by atoms with E-state index in [4.69, 9.17) is 10.5 Å². The molecule has 0 radical (unpaired) electrons. The van der Waals surface area contributed by atoms with Crippen molar-refractivity contribution in [3.63, 3.8) is 0 Å². The lowest BCUT2D eigenvalue weighted by atomic mass is 10.0. The minimum absolute atomic E-state index is 0.110. The fraction of sp³-hybridized carbons (Fsp3) is 0.571. The van der Waals surface area contributed by atoms with Crippen LogP contribution in [0, 0.1) is 0 Å². The summed E-state index contributed by atoms with van der Waals surface area (Å²) in [7, 11) is 0. The van der Waals surface area contributed by atoms with Gasteiger partial charge in [0.05, 0.1) is 12.7 Å². The summed E-state index contributed by atoms with van der Waals surface area (Å²) < 4.78 is 5.59. The van der Waals surface area contributed by atoms with Crippen molar-refractivity contribution in [2.24, 2.45) is 5.73 Å². The highest BCUT2D eigenvalue weighted by Crippen LogP contribution is 2.31. The summed E-state index contributed by atoms with van der Waals surface area (Å²) in [6, 6.07) is 7.81. The summed E-state index contributed by atoms with van der Waals surface area (Å²) in [5.74, 6) is 0.375. The Morgan fingerprint density at radius 3 is 2.94 bits per heavy atom. The molecule has 1 fully saturated rings. The van der Waals surface area contributed by atoms with Crippen molar-refractivity contribution in [1.29, 1.82) is 0 Å². The van der Waals surface area contributed by atoms with E-state index >= 15 is 0 Å². The first kappa shape index (κ1) is 13.3. The Hall–Kier alpha value is -1.10. The monoisotopic (exact) mass is 250 g/mol. The van der Waals surface area contributed by atoms with Gasteiger partial charge in [-0.05, 0) is 12.5 Å². The minimum atomic E-state index is 0.110. The SMILES string of the molecule is CCC(c1ccccc1O)N1CCOC(CN)C1. The molecule has 1 aliphatic rings. The van der Waals surface area contributed by atoms with Crippen molar-refractivity contribution in [2.45, 2.75) is 25.5 Å². The maximum absolute atomic E-state index is 9.98. The first-order chi connectivity index (χ1) is 8.76. The number of ether oxygens (including phenoxy) is 1.